The summed E-state index contributed by atoms with van der Waals surface area (Å²) in [6.45, 7) is -0.173. The molecule has 0 aliphatic rings. The quantitative estimate of drug-likeness (QED) is 0.656. The Bertz CT molecular complexity index is 953. The van der Waals surface area contributed by atoms with E-state index in [0.29, 0.717) is 11.0 Å². The van der Waals surface area contributed by atoms with Gasteiger partial charge in [0.25, 0.3) is 0 Å². The van der Waals surface area contributed by atoms with Crippen LogP contribution in [-0.4, -0.2) is 28.1 Å². The third-order valence-electron chi connectivity index (χ3n) is 3.63. The first kappa shape index (κ1) is 17.2. The molecule has 0 spiro atoms. The van der Waals surface area contributed by atoms with Gasteiger partial charge in [-0.05, 0) is 35.9 Å². The Balaban J connectivity index is 2.06. The van der Waals surface area contributed by atoms with Crippen molar-refractivity contribution in [3.8, 4) is 0 Å². The van der Waals surface area contributed by atoms with Crippen LogP contribution in [0.5, 0.6) is 0 Å². The number of benzene rings is 2. The van der Waals surface area contributed by atoms with Crippen LogP contribution < -0.4 is 0 Å². The molecule has 0 saturated carbocycles. The number of aromatic nitrogens is 3. The molecule has 0 saturated heterocycles. The predicted octanol–water partition coefficient (Wildman–Crippen LogP) is 3.94. The summed E-state index contributed by atoms with van der Waals surface area (Å²) in [6, 6.07) is 8.09. The van der Waals surface area contributed by atoms with Crippen molar-refractivity contribution < 1.29 is 22.7 Å². The average molecular weight is 370 g/mol. The highest BCUT2D eigenvalue weighted by Gasteiger charge is 2.33. The zero-order valence-corrected chi connectivity index (χ0v) is 13.6. The van der Waals surface area contributed by atoms with E-state index in [-0.39, 0.29) is 22.7 Å². The minimum Gasteiger partial charge on any atom is -0.465 e. The molecule has 0 aliphatic heterocycles. The molecule has 0 bridgehead atoms. The van der Waals surface area contributed by atoms with E-state index in [1.807, 2.05) is 0 Å². The molecule has 130 valence electrons. The van der Waals surface area contributed by atoms with Crippen molar-refractivity contribution in [2.45, 2.75) is 12.7 Å². The summed E-state index contributed by atoms with van der Waals surface area (Å²) in [5.74, 6) is -0.558. The first-order valence-corrected chi connectivity index (χ1v) is 7.44. The first-order chi connectivity index (χ1) is 11.8. The molecule has 0 N–H and O–H groups in total. The molecule has 0 atom stereocenters. The second-order valence-corrected chi connectivity index (χ2v) is 5.68. The second kappa shape index (κ2) is 6.36. The number of hydrogen-bond donors (Lipinski definition) is 0. The highest BCUT2D eigenvalue weighted by atomic mass is 35.5. The minimum atomic E-state index is -4.55. The fourth-order valence-electron chi connectivity index (χ4n) is 2.44. The maximum absolute atomic E-state index is 13.2. The normalized spacial score (nSPS) is 11.7. The maximum Gasteiger partial charge on any atom is 0.416 e. The number of ether oxygens (including phenoxy) is 1. The number of fused-ring (bicyclic) bond motifs is 1. The number of rotatable bonds is 3. The molecular weight excluding hydrogens is 359 g/mol. The zero-order valence-electron chi connectivity index (χ0n) is 12.8. The van der Waals surface area contributed by atoms with Gasteiger partial charge < -0.3 is 4.74 Å². The van der Waals surface area contributed by atoms with Crippen molar-refractivity contribution in [1.82, 2.24) is 15.0 Å². The van der Waals surface area contributed by atoms with Crippen LogP contribution in [0.4, 0.5) is 13.2 Å². The molecule has 0 radical (unpaired) electrons. The summed E-state index contributed by atoms with van der Waals surface area (Å²) >= 11 is 5.69. The van der Waals surface area contributed by atoms with Gasteiger partial charge >= 0.3 is 12.1 Å². The SMILES string of the molecule is COC(=O)c1ccc2nnn(Cc3ccc(Cl)cc3C(F)(F)F)c2c1. The number of methoxy groups -OCH3 is 1. The Hall–Kier alpha value is -2.61. The van der Waals surface area contributed by atoms with Crippen LogP contribution in [0.1, 0.15) is 21.5 Å². The van der Waals surface area contributed by atoms with Crippen molar-refractivity contribution in [3.63, 3.8) is 0 Å². The third-order valence-corrected chi connectivity index (χ3v) is 3.87. The van der Waals surface area contributed by atoms with Crippen LogP contribution in [0.3, 0.4) is 0 Å². The van der Waals surface area contributed by atoms with Gasteiger partial charge in [0.1, 0.15) is 5.52 Å². The molecule has 0 fully saturated rings. The molecule has 3 rings (SSSR count). The van der Waals surface area contributed by atoms with E-state index in [1.165, 1.54) is 36.1 Å². The number of alkyl halides is 3. The van der Waals surface area contributed by atoms with E-state index >= 15 is 0 Å². The molecule has 2 aromatic carbocycles. The number of nitrogens with zero attached hydrogens (tertiary/aromatic N) is 3. The summed E-state index contributed by atoms with van der Waals surface area (Å²) < 4.78 is 45.6. The number of halogens is 4. The standard InChI is InChI=1S/C16H11ClF3N3O2/c1-25-15(24)9-3-5-13-14(6-9)23(22-21-13)8-10-2-4-11(17)7-12(10)16(18,19)20/h2-7H,8H2,1H3. The molecule has 0 amide bonds. The number of carbonyl (C=O) groups is 1. The molecule has 1 heterocycles. The van der Waals surface area contributed by atoms with E-state index in [0.717, 1.165) is 6.07 Å². The highest BCUT2D eigenvalue weighted by Crippen LogP contribution is 2.34. The van der Waals surface area contributed by atoms with Crippen LogP contribution in [0.15, 0.2) is 36.4 Å². The van der Waals surface area contributed by atoms with E-state index in [2.05, 4.69) is 15.0 Å². The summed E-state index contributed by atoms with van der Waals surface area (Å²) in [7, 11) is 1.24. The van der Waals surface area contributed by atoms with E-state index in [4.69, 9.17) is 11.6 Å². The lowest BCUT2D eigenvalue weighted by atomic mass is 10.1. The van der Waals surface area contributed by atoms with Crippen LogP contribution in [0, 0.1) is 0 Å². The van der Waals surface area contributed by atoms with Gasteiger partial charge in [0.2, 0.25) is 0 Å². The molecular formula is C16H11ClF3N3O2. The van der Waals surface area contributed by atoms with Crippen LogP contribution in [0.2, 0.25) is 5.02 Å². The number of carbonyl (C=O) groups excluding carboxylic acids is 1. The lowest BCUT2D eigenvalue weighted by molar-refractivity contribution is -0.138. The Labute approximate surface area is 145 Å². The van der Waals surface area contributed by atoms with Gasteiger partial charge in [0, 0.05) is 5.02 Å². The summed E-state index contributed by atoms with van der Waals surface area (Å²) in [5.41, 5.74) is 0.284. The Kier molecular flexibility index (Phi) is 4.38. The molecule has 9 heteroatoms. The fraction of sp³-hybridized carbons (Fsp3) is 0.188. The van der Waals surface area contributed by atoms with Gasteiger partial charge in [0.05, 0.1) is 30.3 Å². The Morgan fingerprint density at radius 2 is 2.00 bits per heavy atom. The van der Waals surface area contributed by atoms with E-state index in [1.54, 1.807) is 6.07 Å². The van der Waals surface area contributed by atoms with Gasteiger partial charge in [-0.15, -0.1) is 5.10 Å². The van der Waals surface area contributed by atoms with Crippen LogP contribution in [-0.2, 0) is 17.5 Å². The average Bonchev–Trinajstić information content (AvgIpc) is 2.97. The largest absolute Gasteiger partial charge is 0.465 e. The molecule has 25 heavy (non-hydrogen) atoms. The van der Waals surface area contributed by atoms with Crippen molar-refractivity contribution in [3.05, 3.63) is 58.1 Å². The lowest BCUT2D eigenvalue weighted by Crippen LogP contribution is -2.12. The van der Waals surface area contributed by atoms with Gasteiger partial charge in [-0.2, -0.15) is 13.2 Å². The van der Waals surface area contributed by atoms with Gasteiger partial charge in [-0.3, -0.25) is 0 Å². The van der Waals surface area contributed by atoms with Crippen molar-refractivity contribution in [2.75, 3.05) is 7.11 Å². The highest BCUT2D eigenvalue weighted by molar-refractivity contribution is 6.30. The lowest BCUT2D eigenvalue weighted by Gasteiger charge is -2.13. The Morgan fingerprint density at radius 3 is 2.68 bits per heavy atom. The molecule has 5 nitrogen and oxygen atoms in total. The second-order valence-electron chi connectivity index (χ2n) is 5.24. The predicted molar refractivity (Wildman–Crippen MR) is 84.4 cm³/mol. The van der Waals surface area contributed by atoms with Crippen LogP contribution >= 0.6 is 11.6 Å². The maximum atomic E-state index is 13.2. The summed E-state index contributed by atoms with van der Waals surface area (Å²) in [4.78, 5) is 11.6. The van der Waals surface area contributed by atoms with Gasteiger partial charge in [0.15, 0.2) is 0 Å². The van der Waals surface area contributed by atoms with Crippen LogP contribution in [0.25, 0.3) is 11.0 Å². The minimum absolute atomic E-state index is 0.00694. The van der Waals surface area contributed by atoms with E-state index in [9.17, 15) is 18.0 Å². The third kappa shape index (κ3) is 3.43. The van der Waals surface area contributed by atoms with Crippen molar-refractivity contribution >= 4 is 28.6 Å². The zero-order chi connectivity index (χ0) is 18.2. The molecule has 0 aliphatic carbocycles. The molecule has 0 unspecified atom stereocenters. The fourth-order valence-corrected chi connectivity index (χ4v) is 2.61. The smallest absolute Gasteiger partial charge is 0.416 e. The summed E-state index contributed by atoms with van der Waals surface area (Å²) in [5, 5.41) is 7.77. The monoisotopic (exact) mass is 369 g/mol. The van der Waals surface area contributed by atoms with E-state index < -0.39 is 17.7 Å². The van der Waals surface area contributed by atoms with Crippen molar-refractivity contribution in [1.29, 1.82) is 0 Å². The number of esters is 1. The Morgan fingerprint density at radius 1 is 1.24 bits per heavy atom. The first-order valence-electron chi connectivity index (χ1n) is 7.07. The molecule has 1 aromatic heterocycles. The van der Waals surface area contributed by atoms with Crippen molar-refractivity contribution in [2.24, 2.45) is 0 Å². The summed E-state index contributed by atoms with van der Waals surface area (Å²) in [6.07, 6.45) is -4.55. The van der Waals surface area contributed by atoms with Gasteiger partial charge in [-0.1, -0.05) is 22.9 Å². The molecule has 3 aromatic rings. The van der Waals surface area contributed by atoms with Gasteiger partial charge in [-0.25, -0.2) is 9.48 Å². The topological polar surface area (TPSA) is 57.0 Å². The number of hydrogen-bond acceptors (Lipinski definition) is 4.